The second kappa shape index (κ2) is 44.2. The molecule has 2 rings (SSSR count). The van der Waals surface area contributed by atoms with Gasteiger partial charge in [-0.05, 0) is 124 Å². The predicted octanol–water partition coefficient (Wildman–Crippen LogP) is -9.55. The van der Waals surface area contributed by atoms with Gasteiger partial charge in [0.1, 0.15) is 60.4 Å². The zero-order valence-corrected chi connectivity index (χ0v) is 52.1. The van der Waals surface area contributed by atoms with E-state index in [2.05, 4.69) is 83.7 Å². The van der Waals surface area contributed by atoms with E-state index >= 15 is 0 Å². The summed E-state index contributed by atoms with van der Waals surface area (Å²) in [5.41, 5.74) is 23.0. The number of nitrogens with zero attached hydrogens (tertiary/aromatic N) is 2. The summed E-state index contributed by atoms with van der Waals surface area (Å²) in [4.78, 5) is 174. The van der Waals surface area contributed by atoms with Gasteiger partial charge >= 0.3 is 5.97 Å². The SMILES string of the molecule is C[C@H](NC(=O)[C@H](Cc1cnc[nH]1)NC(=O)CNC(=O)[C@H](Cc1cnc[nH]1)NC(=O)[C@H](CCCCNCCCCN)NC(=O)CNC(=O)[C@@H](NC(=O)[C@H](CCCCN)NC(=O)[C@H](CO)NC(=O)[C@@H](NC(=O)[C@@H](N)CO)[C@@H](C)O)[C@@H](C)O)C(=O)N[C@@H](CCCCN)C(=O)O. The number of carboxylic acids is 1. The molecule has 0 aliphatic carbocycles. The first kappa shape index (κ1) is 79.8. The van der Waals surface area contributed by atoms with Gasteiger partial charge in [-0.1, -0.05) is 0 Å². The topological polar surface area (TPSA) is 612 Å². The number of carboxylic acid groups (broad SMARTS) is 1. The highest BCUT2D eigenvalue weighted by atomic mass is 16.4. The number of imidazole rings is 2. The molecule has 0 radical (unpaired) electrons. The van der Waals surface area contributed by atoms with Gasteiger partial charge in [0.15, 0.2) is 0 Å². The highest BCUT2D eigenvalue weighted by molar-refractivity contribution is 5.98. The Balaban J connectivity index is 2.30. The highest BCUT2D eigenvalue weighted by Gasteiger charge is 2.36. The molecule has 2 aromatic rings. The summed E-state index contributed by atoms with van der Waals surface area (Å²) in [6.07, 6.45) is 5.76. The number of aromatic amines is 2. The molecule has 0 aliphatic heterocycles. The molecule has 0 fully saturated rings. The number of aromatic nitrogens is 4. The van der Waals surface area contributed by atoms with Crippen molar-refractivity contribution in [3.63, 3.8) is 0 Å². The number of carbonyl (C=O) groups excluding carboxylic acids is 11. The molecule has 27 N–H and O–H groups in total. The van der Waals surface area contributed by atoms with Crippen LogP contribution >= 0.6 is 0 Å². The van der Waals surface area contributed by atoms with Crippen molar-refractivity contribution in [1.29, 1.82) is 0 Å². The van der Waals surface area contributed by atoms with Crippen LogP contribution in [0.1, 0.15) is 103 Å². The third-order valence-corrected chi connectivity index (χ3v) is 14.0. The number of aliphatic hydroxyl groups excluding tert-OH is 4. The molecule has 0 spiro atoms. The lowest BCUT2D eigenvalue weighted by Gasteiger charge is -2.27. The van der Waals surface area contributed by atoms with Crippen molar-refractivity contribution >= 4 is 70.9 Å². The van der Waals surface area contributed by atoms with E-state index in [1.807, 2.05) is 0 Å². The van der Waals surface area contributed by atoms with Crippen LogP contribution in [0.5, 0.6) is 0 Å². The fourth-order valence-corrected chi connectivity index (χ4v) is 8.69. The van der Waals surface area contributed by atoms with Crippen molar-refractivity contribution < 1.29 is 83.1 Å². The van der Waals surface area contributed by atoms with E-state index in [-0.39, 0.29) is 45.1 Å². The summed E-state index contributed by atoms with van der Waals surface area (Å²) in [6, 6.07) is -14.9. The number of carbonyl (C=O) groups is 12. The van der Waals surface area contributed by atoms with Crippen LogP contribution < -0.4 is 86.7 Å². The maximum atomic E-state index is 14.3. The number of hydrogen-bond acceptors (Lipinski definition) is 23. The zero-order chi connectivity index (χ0) is 68.7. The monoisotopic (exact) mass is 1310 g/mol. The maximum absolute atomic E-state index is 14.3. The fraction of sp³-hybridized carbons (Fsp3) is 0.673. The zero-order valence-electron chi connectivity index (χ0n) is 52.1. The lowest BCUT2D eigenvalue weighted by atomic mass is 10.1. The van der Waals surface area contributed by atoms with Crippen LogP contribution in [0.4, 0.5) is 0 Å². The molecule has 0 saturated heterocycles. The largest absolute Gasteiger partial charge is 0.480 e. The molecule has 0 bridgehead atoms. The molecule has 0 unspecified atom stereocenters. The van der Waals surface area contributed by atoms with Crippen molar-refractivity contribution in [3.05, 3.63) is 36.4 Å². The molecule has 37 heteroatoms. The van der Waals surface area contributed by atoms with Gasteiger partial charge in [0, 0.05) is 36.6 Å². The third kappa shape index (κ3) is 30.7. The van der Waals surface area contributed by atoms with Crippen LogP contribution in [0.25, 0.3) is 0 Å². The standard InChI is InChI=1S/C55H96N20O17/c1-30(46(82)71-38(55(91)92)14-5-8-16-57)67-51(87)40(21-34-23-62-29-66-34)69-43(81)24-63-48(84)39(20-33-22-61-28-65-33)72-49(85)36(13-6-10-18-60-19-11-9-17-58)68-42(80)25-64-53(89)44(31(2)78)75-50(86)37(12-4-7-15-56)70-52(88)41(27-77)73-54(90)45(32(3)79)74-47(83)35(59)26-76/h22-23,28-32,35-41,44-45,60,76-79H,4-21,24-27,56-59H2,1-3H3,(H,61,65)(H,62,66)(H,63,84)(H,64,89)(H,67,87)(H,68,80)(H,69,81)(H,70,88)(H,71,82)(H,72,85)(H,73,90)(H,74,83)(H,75,86)(H,91,92)/t30-,31+,32+,35-,36-,37-,38-,39-,40-,41-,44-,45-/m0/s1. The lowest BCUT2D eigenvalue weighted by molar-refractivity contribution is -0.142. The fourth-order valence-electron chi connectivity index (χ4n) is 8.69. The van der Waals surface area contributed by atoms with E-state index in [1.165, 1.54) is 32.0 Å². The number of aliphatic carboxylic acids is 1. The van der Waals surface area contributed by atoms with Crippen LogP contribution in [-0.4, -0.2) is 248 Å². The van der Waals surface area contributed by atoms with Gasteiger partial charge in [-0.15, -0.1) is 0 Å². The number of nitrogens with one attached hydrogen (secondary N) is 14. The Morgan fingerprint density at radius 2 is 0.859 bits per heavy atom. The van der Waals surface area contributed by atoms with Crippen molar-refractivity contribution in [2.45, 2.75) is 177 Å². The first-order chi connectivity index (χ1) is 43.8. The van der Waals surface area contributed by atoms with Gasteiger partial charge in [-0.2, -0.15) is 0 Å². The summed E-state index contributed by atoms with van der Waals surface area (Å²) in [5.74, 6) is -12.0. The molecule has 0 aliphatic rings. The van der Waals surface area contributed by atoms with E-state index in [4.69, 9.17) is 22.9 Å². The average Bonchev–Trinajstić information content (AvgIpc) is 1.25. The second-order valence-electron chi connectivity index (χ2n) is 21.8. The smallest absolute Gasteiger partial charge is 0.326 e. The van der Waals surface area contributed by atoms with Gasteiger partial charge in [-0.3, -0.25) is 52.7 Å². The van der Waals surface area contributed by atoms with E-state index in [0.29, 0.717) is 69.7 Å². The summed E-state index contributed by atoms with van der Waals surface area (Å²) in [6.45, 7) is 2.35. The van der Waals surface area contributed by atoms with Crippen LogP contribution in [0.2, 0.25) is 0 Å². The second-order valence-corrected chi connectivity index (χ2v) is 21.8. The minimum atomic E-state index is -1.78. The molecule has 11 amide bonds. The first-order valence-electron chi connectivity index (χ1n) is 30.4. The lowest BCUT2D eigenvalue weighted by Crippen LogP contribution is -2.62. The van der Waals surface area contributed by atoms with Crippen LogP contribution in [0.3, 0.4) is 0 Å². The van der Waals surface area contributed by atoms with Crippen molar-refractivity contribution in [2.75, 3.05) is 59.0 Å². The Hall–Kier alpha value is -8.30. The molecular weight excluding hydrogens is 1210 g/mol. The molecule has 0 saturated carbocycles. The van der Waals surface area contributed by atoms with Crippen molar-refractivity contribution in [2.24, 2.45) is 22.9 Å². The quantitative estimate of drug-likeness (QED) is 0.0274. The van der Waals surface area contributed by atoms with Crippen molar-refractivity contribution in [1.82, 2.24) is 83.7 Å². The minimum absolute atomic E-state index is 0.00667. The number of H-pyrrole nitrogens is 2. The Morgan fingerprint density at radius 1 is 0.457 bits per heavy atom. The van der Waals surface area contributed by atoms with E-state index in [9.17, 15) is 83.1 Å². The van der Waals surface area contributed by atoms with Gasteiger partial charge in [-0.25, -0.2) is 14.8 Å². The molecule has 518 valence electrons. The summed E-state index contributed by atoms with van der Waals surface area (Å²) in [7, 11) is 0. The Bertz CT molecular complexity index is 2620. The van der Waals surface area contributed by atoms with Gasteiger partial charge in [0.2, 0.25) is 65.0 Å². The number of aliphatic hydroxyl groups is 4. The highest BCUT2D eigenvalue weighted by Crippen LogP contribution is 2.09. The van der Waals surface area contributed by atoms with Crippen molar-refractivity contribution in [3.8, 4) is 0 Å². The normalized spacial score (nSPS) is 15.1. The molecule has 2 aromatic heterocycles. The van der Waals surface area contributed by atoms with E-state index in [0.717, 1.165) is 26.7 Å². The van der Waals surface area contributed by atoms with Gasteiger partial charge < -0.3 is 122 Å². The van der Waals surface area contributed by atoms with Crippen LogP contribution in [-0.2, 0) is 70.4 Å². The number of unbranched alkanes of at least 4 members (excludes halogenated alkanes) is 4. The predicted molar refractivity (Wildman–Crippen MR) is 328 cm³/mol. The first-order valence-corrected chi connectivity index (χ1v) is 30.4. The average molecular weight is 1310 g/mol. The van der Waals surface area contributed by atoms with Gasteiger partial charge in [0.05, 0.1) is 51.2 Å². The van der Waals surface area contributed by atoms with Crippen LogP contribution in [0, 0.1) is 0 Å². The third-order valence-electron chi connectivity index (χ3n) is 14.0. The minimum Gasteiger partial charge on any atom is -0.480 e. The maximum Gasteiger partial charge on any atom is 0.326 e. The summed E-state index contributed by atoms with van der Waals surface area (Å²) >= 11 is 0. The Labute approximate surface area is 531 Å². The van der Waals surface area contributed by atoms with E-state index in [1.54, 1.807) is 0 Å². The summed E-state index contributed by atoms with van der Waals surface area (Å²) in [5, 5.41) is 79.4. The Morgan fingerprint density at radius 3 is 1.36 bits per heavy atom. The molecular formula is C55H96N20O17. The molecule has 0 aromatic carbocycles. The van der Waals surface area contributed by atoms with Gasteiger partial charge in [0.25, 0.3) is 0 Å². The molecule has 2 heterocycles. The van der Waals surface area contributed by atoms with Crippen LogP contribution in [0.15, 0.2) is 25.0 Å². The molecule has 37 nitrogen and oxygen atoms in total. The summed E-state index contributed by atoms with van der Waals surface area (Å²) < 4.78 is 0. The number of hydrogen-bond donors (Lipinski definition) is 23. The Kier molecular flexibility index (Phi) is 38.4. The van der Waals surface area contributed by atoms with E-state index < -0.39 is 170 Å². The molecule has 12 atom stereocenters. The number of rotatable bonds is 48. The molecule has 92 heavy (non-hydrogen) atoms. The number of nitrogens with two attached hydrogens (primary N) is 4. The number of amides is 11.